The number of hydrogen-bond donors (Lipinski definition) is 3. The maximum atomic E-state index is 12.5. The van der Waals surface area contributed by atoms with Crippen LogP contribution in [0.5, 0.6) is 0 Å². The summed E-state index contributed by atoms with van der Waals surface area (Å²) in [7, 11) is 0. The van der Waals surface area contributed by atoms with E-state index in [0.29, 0.717) is 11.4 Å². The van der Waals surface area contributed by atoms with E-state index < -0.39 is 23.9 Å². The minimum atomic E-state index is -0.908. The number of imide groups is 1. The highest BCUT2D eigenvalue weighted by molar-refractivity contribution is 6.07. The SMILES string of the molecule is CC(=O)Nc1cccc(NC(=O)C[C@@H]2NC(=O)N(Cc3ccccc3)C2=O)c1. The summed E-state index contributed by atoms with van der Waals surface area (Å²) in [6.07, 6.45) is -0.180. The van der Waals surface area contributed by atoms with Crippen LogP contribution in [0.4, 0.5) is 16.2 Å². The van der Waals surface area contributed by atoms with Gasteiger partial charge in [0.25, 0.3) is 5.91 Å². The number of anilines is 2. The second-order valence-electron chi connectivity index (χ2n) is 6.43. The molecule has 3 N–H and O–H groups in total. The second-order valence-corrected chi connectivity index (χ2v) is 6.43. The van der Waals surface area contributed by atoms with Crippen LogP contribution in [-0.2, 0) is 20.9 Å². The van der Waals surface area contributed by atoms with Gasteiger partial charge in [0.1, 0.15) is 6.04 Å². The second kappa shape index (κ2) is 8.34. The van der Waals surface area contributed by atoms with Gasteiger partial charge in [0.05, 0.1) is 13.0 Å². The van der Waals surface area contributed by atoms with Gasteiger partial charge in [-0.1, -0.05) is 36.4 Å². The molecule has 144 valence electrons. The maximum Gasteiger partial charge on any atom is 0.325 e. The summed E-state index contributed by atoms with van der Waals surface area (Å²) in [6, 6.07) is 14.4. The fourth-order valence-corrected chi connectivity index (χ4v) is 2.91. The van der Waals surface area contributed by atoms with Crippen LogP contribution in [0.2, 0.25) is 0 Å². The molecule has 5 amide bonds. The zero-order chi connectivity index (χ0) is 20.1. The highest BCUT2D eigenvalue weighted by Gasteiger charge is 2.38. The van der Waals surface area contributed by atoms with Crippen LogP contribution in [0.25, 0.3) is 0 Å². The molecular weight excluding hydrogens is 360 g/mol. The highest BCUT2D eigenvalue weighted by atomic mass is 16.2. The summed E-state index contributed by atoms with van der Waals surface area (Å²) in [4.78, 5) is 49.1. The molecule has 1 saturated heterocycles. The third-order valence-corrected chi connectivity index (χ3v) is 4.15. The maximum absolute atomic E-state index is 12.5. The molecule has 1 atom stereocenters. The molecule has 1 aliphatic rings. The van der Waals surface area contributed by atoms with Crippen molar-refractivity contribution in [3.8, 4) is 0 Å². The number of carbonyl (C=O) groups is 4. The zero-order valence-corrected chi connectivity index (χ0v) is 15.3. The Balaban J connectivity index is 1.59. The first-order valence-electron chi connectivity index (χ1n) is 8.75. The summed E-state index contributed by atoms with van der Waals surface area (Å²) >= 11 is 0. The molecule has 1 heterocycles. The van der Waals surface area contributed by atoms with Gasteiger partial charge in [-0.2, -0.15) is 0 Å². The molecule has 0 aliphatic carbocycles. The first-order chi connectivity index (χ1) is 13.4. The first-order valence-corrected chi connectivity index (χ1v) is 8.75. The van der Waals surface area contributed by atoms with Gasteiger partial charge in [-0.25, -0.2) is 4.79 Å². The number of nitrogens with zero attached hydrogens (tertiary/aromatic N) is 1. The average Bonchev–Trinajstić information content (AvgIpc) is 2.89. The van der Waals surface area contributed by atoms with Crippen molar-refractivity contribution in [2.24, 2.45) is 0 Å². The van der Waals surface area contributed by atoms with Gasteiger partial charge in [-0.3, -0.25) is 19.3 Å². The lowest BCUT2D eigenvalue weighted by Gasteiger charge is -2.13. The standard InChI is InChI=1S/C20H20N4O4/c1-13(25)21-15-8-5-9-16(10-15)22-18(26)11-17-19(27)24(20(28)23-17)12-14-6-3-2-4-7-14/h2-10,17H,11-12H2,1H3,(H,21,25)(H,22,26)(H,23,28)/t17-/m0/s1. The van der Waals surface area contributed by atoms with Gasteiger partial charge in [-0.15, -0.1) is 0 Å². The molecule has 0 aromatic heterocycles. The van der Waals surface area contributed by atoms with Crippen molar-refractivity contribution < 1.29 is 19.2 Å². The lowest BCUT2D eigenvalue weighted by Crippen LogP contribution is -2.34. The topological polar surface area (TPSA) is 108 Å². The number of nitrogens with one attached hydrogen (secondary N) is 3. The van der Waals surface area contributed by atoms with Gasteiger partial charge >= 0.3 is 6.03 Å². The van der Waals surface area contributed by atoms with Crippen LogP contribution in [0, 0.1) is 0 Å². The van der Waals surface area contributed by atoms with Gasteiger partial charge in [0.2, 0.25) is 11.8 Å². The molecule has 0 bridgehead atoms. The molecule has 8 nitrogen and oxygen atoms in total. The van der Waals surface area contributed by atoms with E-state index >= 15 is 0 Å². The van der Waals surface area contributed by atoms with E-state index in [1.807, 2.05) is 30.3 Å². The minimum Gasteiger partial charge on any atom is -0.326 e. The van der Waals surface area contributed by atoms with Crippen molar-refractivity contribution in [2.75, 3.05) is 10.6 Å². The fourth-order valence-electron chi connectivity index (χ4n) is 2.91. The van der Waals surface area contributed by atoms with Crippen LogP contribution in [-0.4, -0.2) is 34.7 Å². The summed E-state index contributed by atoms with van der Waals surface area (Å²) in [5.74, 6) is -1.07. The van der Waals surface area contributed by atoms with Crippen LogP contribution in [0.15, 0.2) is 54.6 Å². The van der Waals surface area contributed by atoms with Gasteiger partial charge in [0.15, 0.2) is 0 Å². The van der Waals surface area contributed by atoms with Crippen molar-refractivity contribution >= 4 is 35.1 Å². The number of amides is 5. The average molecular weight is 380 g/mol. The molecule has 0 saturated carbocycles. The molecule has 1 aliphatic heterocycles. The third-order valence-electron chi connectivity index (χ3n) is 4.15. The van der Waals surface area contributed by atoms with Crippen LogP contribution in [0.3, 0.4) is 0 Å². The van der Waals surface area contributed by atoms with Crippen LogP contribution < -0.4 is 16.0 Å². The van der Waals surface area contributed by atoms with E-state index in [0.717, 1.165) is 10.5 Å². The highest BCUT2D eigenvalue weighted by Crippen LogP contribution is 2.17. The predicted molar refractivity (Wildman–Crippen MR) is 103 cm³/mol. The van der Waals surface area contributed by atoms with E-state index in [2.05, 4.69) is 16.0 Å². The normalized spacial score (nSPS) is 15.9. The van der Waals surface area contributed by atoms with Crippen molar-refractivity contribution in [1.82, 2.24) is 10.2 Å². The molecule has 8 heteroatoms. The van der Waals surface area contributed by atoms with E-state index in [1.54, 1.807) is 24.3 Å². The molecule has 2 aromatic carbocycles. The Morgan fingerprint density at radius 2 is 1.68 bits per heavy atom. The summed E-state index contributed by atoms with van der Waals surface area (Å²) in [6.45, 7) is 1.54. The monoisotopic (exact) mass is 380 g/mol. The van der Waals surface area contributed by atoms with E-state index in [9.17, 15) is 19.2 Å². The van der Waals surface area contributed by atoms with Gasteiger partial charge in [-0.05, 0) is 23.8 Å². The van der Waals surface area contributed by atoms with E-state index in [1.165, 1.54) is 6.92 Å². The lowest BCUT2D eigenvalue weighted by atomic mass is 10.1. The molecule has 0 radical (unpaired) electrons. The minimum absolute atomic E-state index is 0.155. The predicted octanol–water partition coefficient (Wildman–Crippen LogP) is 2.09. The van der Waals surface area contributed by atoms with Crippen molar-refractivity contribution in [2.45, 2.75) is 25.9 Å². The molecule has 0 spiro atoms. The largest absolute Gasteiger partial charge is 0.326 e. The van der Waals surface area contributed by atoms with Crippen molar-refractivity contribution in [3.63, 3.8) is 0 Å². The molecule has 1 fully saturated rings. The Kier molecular flexibility index (Phi) is 5.69. The number of urea groups is 1. The smallest absolute Gasteiger partial charge is 0.325 e. The van der Waals surface area contributed by atoms with Crippen molar-refractivity contribution in [3.05, 3.63) is 60.2 Å². The Hall–Kier alpha value is -3.68. The van der Waals surface area contributed by atoms with E-state index in [-0.39, 0.29) is 18.9 Å². The lowest BCUT2D eigenvalue weighted by molar-refractivity contribution is -0.130. The Morgan fingerprint density at radius 3 is 2.36 bits per heavy atom. The Morgan fingerprint density at radius 1 is 1.00 bits per heavy atom. The number of hydrogen-bond acceptors (Lipinski definition) is 4. The van der Waals surface area contributed by atoms with Gasteiger partial charge in [0, 0.05) is 18.3 Å². The quantitative estimate of drug-likeness (QED) is 0.667. The van der Waals surface area contributed by atoms with Crippen LogP contribution >= 0.6 is 0 Å². The Labute approximate surface area is 161 Å². The van der Waals surface area contributed by atoms with Gasteiger partial charge < -0.3 is 16.0 Å². The molecule has 2 aromatic rings. The molecule has 0 unspecified atom stereocenters. The number of rotatable bonds is 6. The summed E-state index contributed by atoms with van der Waals surface area (Å²) in [5.41, 5.74) is 1.85. The summed E-state index contributed by atoms with van der Waals surface area (Å²) in [5, 5.41) is 7.84. The molecule has 3 rings (SSSR count). The zero-order valence-electron chi connectivity index (χ0n) is 15.3. The van der Waals surface area contributed by atoms with Crippen LogP contribution in [0.1, 0.15) is 18.9 Å². The number of benzene rings is 2. The van der Waals surface area contributed by atoms with Crippen molar-refractivity contribution in [1.29, 1.82) is 0 Å². The summed E-state index contributed by atoms with van der Waals surface area (Å²) < 4.78 is 0. The number of carbonyl (C=O) groups excluding carboxylic acids is 4. The first kappa shape index (κ1) is 19.1. The Bertz CT molecular complexity index is 913. The third kappa shape index (κ3) is 4.73. The molecule has 28 heavy (non-hydrogen) atoms. The molecular formula is C20H20N4O4. The van der Waals surface area contributed by atoms with E-state index in [4.69, 9.17) is 0 Å². The fraction of sp³-hybridized carbons (Fsp3) is 0.200.